The average molecular weight is 465 g/mol. The third-order valence-corrected chi connectivity index (χ3v) is 6.69. The number of carboxylic acid groups (broad SMARTS) is 1. The second kappa shape index (κ2) is 9.12. The van der Waals surface area contributed by atoms with Crippen molar-refractivity contribution in [1.82, 2.24) is 10.2 Å². The summed E-state index contributed by atoms with van der Waals surface area (Å²) in [5.74, 6) is -1.54. The van der Waals surface area contributed by atoms with Crippen LogP contribution in [0.25, 0.3) is 11.1 Å². The molecule has 0 saturated heterocycles. The predicted molar refractivity (Wildman–Crippen MR) is 128 cm³/mol. The van der Waals surface area contributed by atoms with Crippen molar-refractivity contribution in [3.63, 3.8) is 0 Å². The van der Waals surface area contributed by atoms with E-state index in [1.54, 1.807) is 0 Å². The highest BCUT2D eigenvalue weighted by molar-refractivity contribution is 5.90. The van der Waals surface area contributed by atoms with Gasteiger partial charge in [0, 0.05) is 12.0 Å². The van der Waals surface area contributed by atoms with Gasteiger partial charge < -0.3 is 20.1 Å². The molecule has 4 rings (SSSR count). The molecule has 2 atom stereocenters. The van der Waals surface area contributed by atoms with Crippen LogP contribution in [0.1, 0.15) is 57.6 Å². The molecule has 2 aliphatic rings. The number of ether oxygens (including phenoxy) is 1. The van der Waals surface area contributed by atoms with Gasteiger partial charge in [0.2, 0.25) is 5.91 Å². The summed E-state index contributed by atoms with van der Waals surface area (Å²) in [6.07, 6.45) is 0.852. The van der Waals surface area contributed by atoms with Gasteiger partial charge in [0.15, 0.2) is 0 Å². The molecule has 2 N–H and O–H groups in total. The maximum absolute atomic E-state index is 13.4. The Morgan fingerprint density at radius 3 is 2.03 bits per heavy atom. The number of fused-ring (bicyclic) bond motifs is 3. The second-order valence-corrected chi connectivity index (χ2v) is 10.3. The number of rotatable bonds is 7. The van der Waals surface area contributed by atoms with Crippen molar-refractivity contribution < 1.29 is 24.2 Å². The molecule has 2 aromatic carbocycles. The zero-order valence-corrected chi connectivity index (χ0v) is 20.1. The number of carboxylic acids is 1. The molecule has 2 amide bonds. The Labute approximate surface area is 200 Å². The van der Waals surface area contributed by atoms with Crippen LogP contribution < -0.4 is 5.32 Å². The molecule has 180 valence electrons. The number of alkyl carbamates (subject to hydrolysis) is 1. The molecule has 2 aliphatic carbocycles. The van der Waals surface area contributed by atoms with E-state index < -0.39 is 35.5 Å². The first kappa shape index (κ1) is 23.8. The van der Waals surface area contributed by atoms with E-state index in [4.69, 9.17) is 4.74 Å². The third kappa shape index (κ3) is 4.65. The number of hydrogen-bond donors (Lipinski definition) is 2. The van der Waals surface area contributed by atoms with Gasteiger partial charge in [-0.15, -0.1) is 0 Å². The van der Waals surface area contributed by atoms with E-state index >= 15 is 0 Å². The summed E-state index contributed by atoms with van der Waals surface area (Å²) in [6.45, 7) is 7.18. The second-order valence-electron chi connectivity index (χ2n) is 10.3. The summed E-state index contributed by atoms with van der Waals surface area (Å²) in [7, 11) is 0. The van der Waals surface area contributed by atoms with E-state index in [1.807, 2.05) is 57.2 Å². The number of carbonyl (C=O) groups excluding carboxylic acids is 2. The Bertz CT molecular complexity index is 1060. The Kier molecular flexibility index (Phi) is 6.39. The molecule has 0 radical (unpaired) electrons. The fourth-order valence-corrected chi connectivity index (χ4v) is 4.71. The first-order valence-corrected chi connectivity index (χ1v) is 11.8. The molecule has 7 nitrogen and oxygen atoms in total. The number of amides is 2. The molecule has 1 saturated carbocycles. The van der Waals surface area contributed by atoms with Crippen LogP contribution in [0.2, 0.25) is 0 Å². The van der Waals surface area contributed by atoms with Crippen molar-refractivity contribution in [1.29, 1.82) is 0 Å². The lowest BCUT2D eigenvalue weighted by Gasteiger charge is -2.36. The topological polar surface area (TPSA) is 95.9 Å². The van der Waals surface area contributed by atoms with Gasteiger partial charge in [-0.1, -0.05) is 69.3 Å². The molecule has 2 aromatic rings. The van der Waals surface area contributed by atoms with Crippen molar-refractivity contribution in [2.24, 2.45) is 5.41 Å². The minimum Gasteiger partial charge on any atom is -0.480 e. The highest BCUT2D eigenvalue weighted by Gasteiger charge is 2.44. The minimum atomic E-state index is -1.06. The maximum Gasteiger partial charge on any atom is 0.407 e. The van der Waals surface area contributed by atoms with Crippen molar-refractivity contribution >= 4 is 18.0 Å². The van der Waals surface area contributed by atoms with Gasteiger partial charge in [-0.2, -0.15) is 0 Å². The SMILES string of the molecule is CC(C(=O)O)N(C(=O)[C@H](NC(=O)OCC1c2ccccc2-c2ccccc21)C(C)(C)C)C1CC1. The highest BCUT2D eigenvalue weighted by atomic mass is 16.5. The molecule has 0 bridgehead atoms. The number of aliphatic carboxylic acids is 1. The van der Waals surface area contributed by atoms with Crippen molar-refractivity contribution in [2.75, 3.05) is 6.61 Å². The van der Waals surface area contributed by atoms with E-state index in [9.17, 15) is 19.5 Å². The highest BCUT2D eigenvalue weighted by Crippen LogP contribution is 2.44. The van der Waals surface area contributed by atoms with Crippen LogP contribution >= 0.6 is 0 Å². The lowest BCUT2D eigenvalue weighted by molar-refractivity contribution is -0.152. The van der Waals surface area contributed by atoms with Crippen molar-refractivity contribution in [3.8, 4) is 11.1 Å². The fraction of sp³-hybridized carbons (Fsp3) is 0.444. The van der Waals surface area contributed by atoms with Crippen LogP contribution in [-0.4, -0.2) is 52.7 Å². The molecular formula is C27H32N2O5. The minimum absolute atomic E-state index is 0.0862. The number of benzene rings is 2. The van der Waals surface area contributed by atoms with E-state index in [2.05, 4.69) is 17.4 Å². The standard InChI is InChI=1S/C27H32N2O5/c1-16(25(31)32)29(17-13-14-17)24(30)23(27(2,3)4)28-26(33)34-15-22-20-11-7-5-9-18(20)19-10-6-8-12-21(19)22/h5-12,16-17,22-23H,13-15H2,1-4H3,(H,28,33)(H,31,32)/t16?,23-/m0/s1. The van der Waals surface area contributed by atoms with Crippen LogP contribution in [0.4, 0.5) is 4.79 Å². The Morgan fingerprint density at radius 2 is 1.56 bits per heavy atom. The molecule has 34 heavy (non-hydrogen) atoms. The molecule has 0 aliphatic heterocycles. The lowest BCUT2D eigenvalue weighted by atomic mass is 9.85. The first-order chi connectivity index (χ1) is 16.1. The van der Waals surface area contributed by atoms with E-state index in [0.29, 0.717) is 0 Å². The van der Waals surface area contributed by atoms with Crippen LogP contribution in [0.15, 0.2) is 48.5 Å². The first-order valence-electron chi connectivity index (χ1n) is 11.8. The van der Waals surface area contributed by atoms with Gasteiger partial charge in [0.05, 0.1) is 0 Å². The van der Waals surface area contributed by atoms with Crippen LogP contribution in [0.3, 0.4) is 0 Å². The van der Waals surface area contributed by atoms with Gasteiger partial charge in [0.1, 0.15) is 18.7 Å². The molecular weight excluding hydrogens is 432 g/mol. The summed E-state index contributed by atoms with van der Waals surface area (Å²) in [5, 5.41) is 12.2. The third-order valence-electron chi connectivity index (χ3n) is 6.69. The number of nitrogens with one attached hydrogen (secondary N) is 1. The van der Waals surface area contributed by atoms with E-state index in [0.717, 1.165) is 35.1 Å². The lowest BCUT2D eigenvalue weighted by Crippen LogP contribution is -2.58. The van der Waals surface area contributed by atoms with Gasteiger partial charge in [0.25, 0.3) is 0 Å². The number of hydrogen-bond acceptors (Lipinski definition) is 4. The Hall–Kier alpha value is -3.35. The van der Waals surface area contributed by atoms with Gasteiger partial charge in [-0.05, 0) is 47.4 Å². The smallest absolute Gasteiger partial charge is 0.407 e. The van der Waals surface area contributed by atoms with Gasteiger partial charge in [-0.3, -0.25) is 4.79 Å². The quantitative estimate of drug-likeness (QED) is 0.633. The van der Waals surface area contributed by atoms with Gasteiger partial charge in [-0.25, -0.2) is 9.59 Å². The largest absolute Gasteiger partial charge is 0.480 e. The summed E-state index contributed by atoms with van der Waals surface area (Å²) < 4.78 is 5.64. The molecule has 1 unspecified atom stereocenters. The maximum atomic E-state index is 13.4. The predicted octanol–water partition coefficient (Wildman–Crippen LogP) is 4.40. The number of nitrogens with zero attached hydrogens (tertiary/aromatic N) is 1. The monoisotopic (exact) mass is 464 g/mol. The molecule has 0 aromatic heterocycles. The Morgan fingerprint density at radius 1 is 1.03 bits per heavy atom. The van der Waals surface area contributed by atoms with Crippen molar-refractivity contribution in [2.45, 2.75) is 64.6 Å². The summed E-state index contributed by atoms with van der Waals surface area (Å²) in [5.41, 5.74) is 3.86. The van der Waals surface area contributed by atoms with Gasteiger partial charge >= 0.3 is 12.1 Å². The fourth-order valence-electron chi connectivity index (χ4n) is 4.71. The van der Waals surface area contributed by atoms with E-state index in [-0.39, 0.29) is 18.6 Å². The molecule has 1 fully saturated rings. The van der Waals surface area contributed by atoms with Crippen molar-refractivity contribution in [3.05, 3.63) is 59.7 Å². The number of carbonyl (C=O) groups is 3. The zero-order chi connectivity index (χ0) is 24.6. The molecule has 7 heteroatoms. The van der Waals surface area contributed by atoms with Crippen LogP contribution in [-0.2, 0) is 14.3 Å². The summed E-state index contributed by atoms with van der Waals surface area (Å²) in [6, 6.07) is 14.2. The van der Waals surface area contributed by atoms with E-state index in [1.165, 1.54) is 11.8 Å². The molecule has 0 spiro atoms. The van der Waals surface area contributed by atoms with Crippen LogP contribution in [0, 0.1) is 5.41 Å². The normalized spacial score (nSPS) is 16.7. The summed E-state index contributed by atoms with van der Waals surface area (Å²) in [4.78, 5) is 39.3. The zero-order valence-electron chi connectivity index (χ0n) is 20.1. The average Bonchev–Trinajstić information content (AvgIpc) is 3.57. The summed E-state index contributed by atoms with van der Waals surface area (Å²) >= 11 is 0. The Balaban J connectivity index is 1.48. The molecule has 0 heterocycles. The van der Waals surface area contributed by atoms with Crippen LogP contribution in [0.5, 0.6) is 0 Å².